The Kier molecular flexibility index (Phi) is 6.11. The van der Waals surface area contributed by atoms with Gasteiger partial charge < -0.3 is 10.2 Å². The SMILES string of the molecule is Cc1ccc(C)c([C@H](C)NC(=O)CN2CCN(c3ccc(F)cc3)CC2)c1. The standard InChI is InChI=1S/C22H28FN3O/c1-16-4-5-17(2)21(14-16)18(3)24-22(27)15-25-10-12-26(13-11-25)20-8-6-19(23)7-9-20/h4-9,14,18H,10-13,15H2,1-3H3,(H,24,27)/t18-/m0/s1. The van der Waals surface area contributed by atoms with Crippen molar-refractivity contribution in [1.82, 2.24) is 10.2 Å². The lowest BCUT2D eigenvalue weighted by Crippen LogP contribution is -2.49. The average molecular weight is 369 g/mol. The van der Waals surface area contributed by atoms with Crippen molar-refractivity contribution in [2.75, 3.05) is 37.6 Å². The molecule has 0 aromatic heterocycles. The summed E-state index contributed by atoms with van der Waals surface area (Å²) in [5.74, 6) is -0.161. The van der Waals surface area contributed by atoms with Gasteiger partial charge >= 0.3 is 0 Å². The van der Waals surface area contributed by atoms with Gasteiger partial charge in [-0.2, -0.15) is 0 Å². The fraction of sp³-hybridized carbons (Fsp3) is 0.409. The zero-order valence-corrected chi connectivity index (χ0v) is 16.3. The zero-order valence-electron chi connectivity index (χ0n) is 16.3. The number of hydrogen-bond acceptors (Lipinski definition) is 3. The third-order valence-electron chi connectivity index (χ3n) is 5.21. The van der Waals surface area contributed by atoms with E-state index in [4.69, 9.17) is 0 Å². The van der Waals surface area contributed by atoms with Crippen LogP contribution in [-0.4, -0.2) is 43.5 Å². The van der Waals surface area contributed by atoms with Crippen LogP contribution in [0.3, 0.4) is 0 Å². The molecule has 0 saturated carbocycles. The van der Waals surface area contributed by atoms with Crippen LogP contribution in [0.2, 0.25) is 0 Å². The summed E-state index contributed by atoms with van der Waals surface area (Å²) < 4.78 is 13.1. The molecule has 5 heteroatoms. The van der Waals surface area contributed by atoms with Gasteiger partial charge in [0.15, 0.2) is 0 Å². The van der Waals surface area contributed by atoms with Gasteiger partial charge in [0, 0.05) is 31.9 Å². The van der Waals surface area contributed by atoms with E-state index in [1.807, 2.05) is 19.1 Å². The fourth-order valence-corrected chi connectivity index (χ4v) is 3.61. The first-order valence-corrected chi connectivity index (χ1v) is 9.52. The number of amides is 1. The van der Waals surface area contributed by atoms with Crippen molar-refractivity contribution in [3.8, 4) is 0 Å². The number of carbonyl (C=O) groups excluding carboxylic acids is 1. The summed E-state index contributed by atoms with van der Waals surface area (Å²) in [6, 6.07) is 12.9. The monoisotopic (exact) mass is 369 g/mol. The predicted octanol–water partition coefficient (Wildman–Crippen LogP) is 3.44. The van der Waals surface area contributed by atoms with Gasteiger partial charge in [-0.05, 0) is 56.2 Å². The molecule has 0 unspecified atom stereocenters. The van der Waals surface area contributed by atoms with Crippen molar-refractivity contribution >= 4 is 11.6 Å². The summed E-state index contributed by atoms with van der Waals surface area (Å²) in [7, 11) is 0. The number of carbonyl (C=O) groups is 1. The van der Waals surface area contributed by atoms with Crippen LogP contribution in [0.5, 0.6) is 0 Å². The first-order valence-electron chi connectivity index (χ1n) is 9.52. The van der Waals surface area contributed by atoms with Crippen molar-refractivity contribution < 1.29 is 9.18 Å². The lowest BCUT2D eigenvalue weighted by Gasteiger charge is -2.35. The maximum absolute atomic E-state index is 13.1. The molecule has 2 aromatic carbocycles. The number of anilines is 1. The van der Waals surface area contributed by atoms with E-state index in [0.717, 1.165) is 31.9 Å². The molecular formula is C22H28FN3O. The first-order chi connectivity index (χ1) is 12.9. The molecule has 2 aromatic rings. The van der Waals surface area contributed by atoms with E-state index in [2.05, 4.69) is 47.2 Å². The Labute approximate surface area is 161 Å². The third kappa shape index (κ3) is 5.07. The highest BCUT2D eigenvalue weighted by Crippen LogP contribution is 2.19. The molecule has 144 valence electrons. The Hall–Kier alpha value is -2.40. The summed E-state index contributed by atoms with van der Waals surface area (Å²) in [6.07, 6.45) is 0. The molecule has 0 aliphatic carbocycles. The van der Waals surface area contributed by atoms with Crippen LogP contribution >= 0.6 is 0 Å². The van der Waals surface area contributed by atoms with Crippen LogP contribution < -0.4 is 10.2 Å². The zero-order chi connectivity index (χ0) is 19.4. The Morgan fingerprint density at radius 1 is 1.07 bits per heavy atom. The summed E-state index contributed by atoms with van der Waals surface area (Å²) in [5.41, 5.74) is 4.60. The molecule has 1 amide bonds. The predicted molar refractivity (Wildman–Crippen MR) is 108 cm³/mol. The minimum absolute atomic E-state index is 0.00194. The Morgan fingerprint density at radius 2 is 1.74 bits per heavy atom. The second-order valence-corrected chi connectivity index (χ2v) is 7.39. The van der Waals surface area contributed by atoms with Crippen LogP contribution in [0.25, 0.3) is 0 Å². The number of benzene rings is 2. The summed E-state index contributed by atoms with van der Waals surface area (Å²) >= 11 is 0. The minimum atomic E-state index is -0.216. The first kappa shape index (κ1) is 19.4. The average Bonchev–Trinajstić information content (AvgIpc) is 2.65. The fourth-order valence-electron chi connectivity index (χ4n) is 3.61. The highest BCUT2D eigenvalue weighted by atomic mass is 19.1. The number of piperazine rings is 1. The van der Waals surface area contributed by atoms with Crippen LogP contribution in [0.1, 0.15) is 29.7 Å². The smallest absolute Gasteiger partial charge is 0.234 e. The second-order valence-electron chi connectivity index (χ2n) is 7.39. The van der Waals surface area contributed by atoms with Crippen LogP contribution in [0.4, 0.5) is 10.1 Å². The molecule has 3 rings (SSSR count). The van der Waals surface area contributed by atoms with Crippen molar-refractivity contribution in [3.05, 3.63) is 65.0 Å². The molecule has 1 atom stereocenters. The summed E-state index contributed by atoms with van der Waals surface area (Å²) in [5, 5.41) is 3.12. The van der Waals surface area contributed by atoms with E-state index in [1.54, 1.807) is 0 Å². The molecule has 0 spiro atoms. The number of aryl methyl sites for hydroxylation is 2. The van der Waals surface area contributed by atoms with E-state index in [0.29, 0.717) is 6.54 Å². The van der Waals surface area contributed by atoms with Gasteiger partial charge in [0.05, 0.1) is 12.6 Å². The third-order valence-corrected chi connectivity index (χ3v) is 5.21. The maximum atomic E-state index is 13.1. The molecule has 1 heterocycles. The van der Waals surface area contributed by atoms with Crippen LogP contribution in [0, 0.1) is 19.7 Å². The number of nitrogens with zero attached hydrogens (tertiary/aromatic N) is 2. The van der Waals surface area contributed by atoms with Crippen molar-refractivity contribution in [2.24, 2.45) is 0 Å². The number of halogens is 1. The second kappa shape index (κ2) is 8.53. The normalized spacial score (nSPS) is 16.2. The molecule has 27 heavy (non-hydrogen) atoms. The van der Waals surface area contributed by atoms with Gasteiger partial charge in [-0.1, -0.05) is 23.8 Å². The highest BCUT2D eigenvalue weighted by Gasteiger charge is 2.20. The molecular weight excluding hydrogens is 341 g/mol. The van der Waals surface area contributed by atoms with E-state index in [9.17, 15) is 9.18 Å². The Balaban J connectivity index is 1.49. The molecule has 0 radical (unpaired) electrons. The molecule has 1 fully saturated rings. The molecule has 1 aliphatic heterocycles. The summed E-state index contributed by atoms with van der Waals surface area (Å²) in [4.78, 5) is 16.9. The number of hydrogen-bond donors (Lipinski definition) is 1. The number of nitrogens with one attached hydrogen (secondary N) is 1. The van der Waals surface area contributed by atoms with E-state index >= 15 is 0 Å². The largest absolute Gasteiger partial charge is 0.369 e. The van der Waals surface area contributed by atoms with Crippen molar-refractivity contribution in [3.63, 3.8) is 0 Å². The molecule has 1 aliphatic rings. The molecule has 4 nitrogen and oxygen atoms in total. The Bertz CT molecular complexity index is 783. The van der Waals surface area contributed by atoms with E-state index < -0.39 is 0 Å². The number of rotatable bonds is 5. The van der Waals surface area contributed by atoms with Gasteiger partial charge in [0.2, 0.25) is 5.91 Å². The minimum Gasteiger partial charge on any atom is -0.369 e. The quantitative estimate of drug-likeness (QED) is 0.877. The van der Waals surface area contributed by atoms with Gasteiger partial charge in [-0.3, -0.25) is 9.69 Å². The molecule has 1 N–H and O–H groups in total. The van der Waals surface area contributed by atoms with Gasteiger partial charge in [-0.15, -0.1) is 0 Å². The van der Waals surface area contributed by atoms with Crippen molar-refractivity contribution in [2.45, 2.75) is 26.8 Å². The van der Waals surface area contributed by atoms with Gasteiger partial charge in [0.25, 0.3) is 0 Å². The van der Waals surface area contributed by atoms with E-state index in [-0.39, 0.29) is 17.8 Å². The lowest BCUT2D eigenvalue weighted by atomic mass is 10.00. The van der Waals surface area contributed by atoms with Gasteiger partial charge in [0.1, 0.15) is 5.82 Å². The Morgan fingerprint density at radius 3 is 2.41 bits per heavy atom. The van der Waals surface area contributed by atoms with E-state index in [1.165, 1.54) is 28.8 Å². The topological polar surface area (TPSA) is 35.6 Å². The van der Waals surface area contributed by atoms with Crippen LogP contribution in [-0.2, 0) is 4.79 Å². The molecule has 1 saturated heterocycles. The highest BCUT2D eigenvalue weighted by molar-refractivity contribution is 5.78. The molecule has 0 bridgehead atoms. The van der Waals surface area contributed by atoms with Gasteiger partial charge in [-0.25, -0.2) is 4.39 Å². The van der Waals surface area contributed by atoms with Crippen molar-refractivity contribution in [1.29, 1.82) is 0 Å². The summed E-state index contributed by atoms with van der Waals surface area (Å²) in [6.45, 7) is 9.91. The lowest BCUT2D eigenvalue weighted by molar-refractivity contribution is -0.123. The maximum Gasteiger partial charge on any atom is 0.234 e. The van der Waals surface area contributed by atoms with Crippen LogP contribution in [0.15, 0.2) is 42.5 Å².